The number of fused-ring (bicyclic) bond motifs is 2. The van der Waals surface area contributed by atoms with E-state index in [1.54, 1.807) is 18.2 Å². The number of carbonyl (C=O) groups is 2. The summed E-state index contributed by atoms with van der Waals surface area (Å²) in [6, 6.07) is 7.73. The van der Waals surface area contributed by atoms with Crippen molar-refractivity contribution in [2.45, 2.75) is 13.0 Å². The molecule has 0 aliphatic carbocycles. The number of anilines is 1. The van der Waals surface area contributed by atoms with Gasteiger partial charge in [-0.15, -0.1) is 0 Å². The summed E-state index contributed by atoms with van der Waals surface area (Å²) in [7, 11) is 0. The van der Waals surface area contributed by atoms with Gasteiger partial charge in [0.1, 0.15) is 13.2 Å². The molecular formula is C19H16ClN3O6. The molecule has 3 aromatic rings. The minimum Gasteiger partial charge on any atom is -0.486 e. The van der Waals surface area contributed by atoms with Crippen molar-refractivity contribution in [2.24, 2.45) is 0 Å². The molecule has 1 aliphatic rings. The summed E-state index contributed by atoms with van der Waals surface area (Å²) in [5.41, 5.74) is 1.41. The van der Waals surface area contributed by atoms with Crippen LogP contribution in [0.1, 0.15) is 17.3 Å². The predicted molar refractivity (Wildman–Crippen MR) is 105 cm³/mol. The Labute approximate surface area is 168 Å². The first-order chi connectivity index (χ1) is 13.9. The predicted octanol–water partition coefficient (Wildman–Crippen LogP) is 2.46. The lowest BCUT2D eigenvalue weighted by Crippen LogP contribution is -2.30. The fourth-order valence-electron chi connectivity index (χ4n) is 2.87. The van der Waals surface area contributed by atoms with Crippen LogP contribution in [0.25, 0.3) is 11.0 Å². The lowest BCUT2D eigenvalue weighted by Gasteiger charge is -2.20. The summed E-state index contributed by atoms with van der Waals surface area (Å²) in [5.74, 6) is -0.531. The van der Waals surface area contributed by atoms with E-state index in [0.29, 0.717) is 41.4 Å². The van der Waals surface area contributed by atoms with E-state index < -0.39 is 18.0 Å². The fourth-order valence-corrected chi connectivity index (χ4v) is 3.13. The molecule has 1 atom stereocenters. The van der Waals surface area contributed by atoms with E-state index in [4.69, 9.17) is 25.8 Å². The normalized spacial score (nSPS) is 13.7. The molecule has 1 aromatic heterocycles. The van der Waals surface area contributed by atoms with Gasteiger partial charge >= 0.3 is 11.7 Å². The fraction of sp³-hybridized carbons (Fsp3) is 0.211. The van der Waals surface area contributed by atoms with Crippen LogP contribution in [0.2, 0.25) is 5.02 Å². The Kier molecular flexibility index (Phi) is 4.89. The molecule has 0 spiro atoms. The number of aromatic nitrogens is 2. The van der Waals surface area contributed by atoms with Crippen molar-refractivity contribution in [3.05, 3.63) is 51.4 Å². The van der Waals surface area contributed by atoms with Gasteiger partial charge < -0.3 is 29.5 Å². The third-order valence-electron chi connectivity index (χ3n) is 4.27. The molecule has 1 amide bonds. The molecule has 150 valence electrons. The topological polar surface area (TPSA) is 123 Å². The van der Waals surface area contributed by atoms with Gasteiger partial charge in [-0.25, -0.2) is 9.59 Å². The molecule has 10 heteroatoms. The first kappa shape index (κ1) is 18.9. The summed E-state index contributed by atoms with van der Waals surface area (Å²) in [6.07, 6.45) is -1.07. The van der Waals surface area contributed by atoms with Gasteiger partial charge in [0.05, 0.1) is 21.6 Å². The number of hydrogen-bond acceptors (Lipinski definition) is 6. The Morgan fingerprint density at radius 3 is 2.72 bits per heavy atom. The average molecular weight is 418 g/mol. The van der Waals surface area contributed by atoms with E-state index in [-0.39, 0.29) is 16.3 Å². The number of hydrogen-bond donors (Lipinski definition) is 3. The molecule has 3 N–H and O–H groups in total. The summed E-state index contributed by atoms with van der Waals surface area (Å²) in [5, 5.41) is 2.86. The number of imidazole rings is 1. The van der Waals surface area contributed by atoms with E-state index in [1.165, 1.54) is 19.1 Å². The number of rotatable bonds is 4. The Hall–Kier alpha value is -3.46. The van der Waals surface area contributed by atoms with Crippen LogP contribution in [0, 0.1) is 0 Å². The molecule has 0 fully saturated rings. The van der Waals surface area contributed by atoms with Crippen LogP contribution in [0.15, 0.2) is 35.1 Å². The van der Waals surface area contributed by atoms with E-state index in [2.05, 4.69) is 15.3 Å². The second-order valence-corrected chi connectivity index (χ2v) is 6.77. The number of nitrogens with one attached hydrogen (secondary N) is 3. The van der Waals surface area contributed by atoms with E-state index in [0.717, 1.165) is 0 Å². The number of esters is 1. The van der Waals surface area contributed by atoms with Gasteiger partial charge in [0.2, 0.25) is 0 Å². The standard InChI is InChI=1S/C19H16ClN3O6/c1-9(17(24)21-11-2-3-13-14(8-11)23-19(26)22-13)29-18(25)10-6-12(20)16-15(7-10)27-4-5-28-16/h2-3,6-9H,4-5H2,1H3,(H,21,24)(H2,22,23,26)/t9-/m1/s1. The summed E-state index contributed by atoms with van der Waals surface area (Å²) < 4.78 is 16.1. The largest absolute Gasteiger partial charge is 0.486 e. The van der Waals surface area contributed by atoms with Crippen molar-refractivity contribution >= 4 is 40.2 Å². The van der Waals surface area contributed by atoms with Crippen molar-refractivity contribution in [1.29, 1.82) is 0 Å². The summed E-state index contributed by atoms with van der Waals surface area (Å²) >= 11 is 6.13. The second kappa shape index (κ2) is 7.51. The highest BCUT2D eigenvalue weighted by Gasteiger charge is 2.23. The van der Waals surface area contributed by atoms with E-state index in [1.807, 2.05) is 0 Å². The highest BCUT2D eigenvalue weighted by Crippen LogP contribution is 2.38. The van der Waals surface area contributed by atoms with Crippen LogP contribution in [0.5, 0.6) is 11.5 Å². The van der Waals surface area contributed by atoms with Crippen LogP contribution in [0.3, 0.4) is 0 Å². The molecule has 9 nitrogen and oxygen atoms in total. The van der Waals surface area contributed by atoms with E-state index >= 15 is 0 Å². The third-order valence-corrected chi connectivity index (χ3v) is 4.55. The minimum absolute atomic E-state index is 0.144. The van der Waals surface area contributed by atoms with Gasteiger partial charge in [0.15, 0.2) is 17.6 Å². The molecule has 1 aliphatic heterocycles. The summed E-state index contributed by atoms with van der Waals surface area (Å²) in [6.45, 7) is 2.16. The van der Waals surface area contributed by atoms with Crippen molar-refractivity contribution in [2.75, 3.05) is 18.5 Å². The van der Waals surface area contributed by atoms with Crippen molar-refractivity contribution < 1.29 is 23.8 Å². The minimum atomic E-state index is -1.07. The van der Waals surface area contributed by atoms with Crippen LogP contribution >= 0.6 is 11.6 Å². The lowest BCUT2D eigenvalue weighted by molar-refractivity contribution is -0.123. The highest BCUT2D eigenvalue weighted by atomic mass is 35.5. The molecule has 0 bridgehead atoms. The zero-order chi connectivity index (χ0) is 20.5. The maximum Gasteiger partial charge on any atom is 0.339 e. The van der Waals surface area contributed by atoms with Crippen LogP contribution in [-0.2, 0) is 9.53 Å². The Morgan fingerprint density at radius 2 is 1.90 bits per heavy atom. The van der Waals surface area contributed by atoms with E-state index in [9.17, 15) is 14.4 Å². The smallest absolute Gasteiger partial charge is 0.339 e. The van der Waals surface area contributed by atoms with Crippen LogP contribution in [-0.4, -0.2) is 41.2 Å². The number of ether oxygens (including phenoxy) is 3. The third kappa shape index (κ3) is 3.90. The second-order valence-electron chi connectivity index (χ2n) is 6.36. The first-order valence-electron chi connectivity index (χ1n) is 8.74. The molecule has 0 saturated heterocycles. The van der Waals surface area contributed by atoms with Gasteiger partial charge in [-0.05, 0) is 37.3 Å². The zero-order valence-corrected chi connectivity index (χ0v) is 16.0. The number of benzene rings is 2. The molecule has 2 aromatic carbocycles. The molecule has 0 saturated carbocycles. The number of H-pyrrole nitrogens is 2. The van der Waals surface area contributed by atoms with Crippen molar-refractivity contribution in [1.82, 2.24) is 9.97 Å². The number of amides is 1. The van der Waals surface area contributed by atoms with Crippen molar-refractivity contribution in [3.8, 4) is 11.5 Å². The van der Waals surface area contributed by atoms with Crippen LogP contribution < -0.4 is 20.5 Å². The molecular weight excluding hydrogens is 402 g/mol. The zero-order valence-electron chi connectivity index (χ0n) is 15.2. The quantitative estimate of drug-likeness (QED) is 0.560. The SMILES string of the molecule is C[C@@H](OC(=O)c1cc(Cl)c2c(c1)OCCO2)C(=O)Nc1ccc2[nH]c(=O)[nH]c2c1. The molecule has 2 heterocycles. The Balaban J connectivity index is 1.44. The van der Waals surface area contributed by atoms with Crippen molar-refractivity contribution in [3.63, 3.8) is 0 Å². The number of carbonyl (C=O) groups excluding carboxylic acids is 2. The maximum absolute atomic E-state index is 12.4. The highest BCUT2D eigenvalue weighted by molar-refractivity contribution is 6.32. The number of halogens is 1. The Bertz CT molecular complexity index is 1170. The average Bonchev–Trinajstić information content (AvgIpc) is 3.07. The summed E-state index contributed by atoms with van der Waals surface area (Å²) in [4.78, 5) is 41.3. The van der Waals surface area contributed by atoms with Gasteiger partial charge in [0, 0.05) is 5.69 Å². The van der Waals surface area contributed by atoms with Gasteiger partial charge in [-0.1, -0.05) is 11.6 Å². The molecule has 29 heavy (non-hydrogen) atoms. The first-order valence-corrected chi connectivity index (χ1v) is 9.11. The molecule has 4 rings (SSSR count). The Morgan fingerprint density at radius 1 is 1.14 bits per heavy atom. The van der Waals surface area contributed by atoms with Gasteiger partial charge in [-0.2, -0.15) is 0 Å². The lowest BCUT2D eigenvalue weighted by atomic mass is 10.2. The monoisotopic (exact) mass is 417 g/mol. The van der Waals surface area contributed by atoms with Gasteiger partial charge in [-0.3, -0.25) is 4.79 Å². The van der Waals surface area contributed by atoms with Crippen LogP contribution in [0.4, 0.5) is 5.69 Å². The van der Waals surface area contributed by atoms with Gasteiger partial charge in [0.25, 0.3) is 5.91 Å². The molecule has 0 radical (unpaired) electrons. The maximum atomic E-state index is 12.4. The number of aromatic amines is 2. The molecule has 0 unspecified atom stereocenters.